The van der Waals surface area contributed by atoms with Gasteiger partial charge in [-0.05, 0) is 50.2 Å². The van der Waals surface area contributed by atoms with Gasteiger partial charge in [0.1, 0.15) is 11.7 Å². The van der Waals surface area contributed by atoms with Crippen LogP contribution in [0.5, 0.6) is 0 Å². The second-order valence-electron chi connectivity index (χ2n) is 6.10. The summed E-state index contributed by atoms with van der Waals surface area (Å²) in [7, 11) is 1.28. The van der Waals surface area contributed by atoms with Gasteiger partial charge in [0.2, 0.25) is 0 Å². The summed E-state index contributed by atoms with van der Waals surface area (Å²) in [6, 6.07) is 15.0. The van der Waals surface area contributed by atoms with Gasteiger partial charge in [0, 0.05) is 11.3 Å². The molecule has 0 N–H and O–H groups in total. The lowest BCUT2D eigenvalue weighted by Gasteiger charge is -2.20. The van der Waals surface area contributed by atoms with Crippen LogP contribution in [-0.2, 0) is 9.53 Å². The van der Waals surface area contributed by atoms with Crippen LogP contribution < -0.4 is 0 Å². The van der Waals surface area contributed by atoms with Crippen LogP contribution in [0.1, 0.15) is 24.2 Å². The third kappa shape index (κ3) is 2.58. The number of hydrogen-bond acceptors (Lipinski definition) is 4. The largest absolute Gasteiger partial charge is 0.468 e. The Balaban J connectivity index is 1.94. The lowest BCUT2D eigenvalue weighted by molar-refractivity contribution is -0.147. The standard InChI is InChI=1S/C19H18N2O3/c1-19(2,18(23)24-3)17(22)13-8-10-14(11-9-13)21-12-20-15-6-4-5-7-16(15)21/h4-12H,1-3H3. The Bertz CT molecular complexity index is 908. The molecule has 24 heavy (non-hydrogen) atoms. The minimum Gasteiger partial charge on any atom is -0.468 e. The molecule has 0 aliphatic rings. The van der Waals surface area contributed by atoms with E-state index in [1.807, 2.05) is 41.0 Å². The van der Waals surface area contributed by atoms with Crippen LogP contribution in [-0.4, -0.2) is 28.4 Å². The van der Waals surface area contributed by atoms with Crippen LogP contribution in [0.4, 0.5) is 0 Å². The first-order chi connectivity index (χ1) is 11.4. The zero-order chi connectivity index (χ0) is 17.3. The first-order valence-corrected chi connectivity index (χ1v) is 7.61. The minimum atomic E-state index is -1.21. The minimum absolute atomic E-state index is 0.267. The van der Waals surface area contributed by atoms with E-state index >= 15 is 0 Å². The fourth-order valence-corrected chi connectivity index (χ4v) is 2.65. The molecule has 0 fully saturated rings. The van der Waals surface area contributed by atoms with Crippen molar-refractivity contribution in [2.45, 2.75) is 13.8 Å². The van der Waals surface area contributed by atoms with Gasteiger partial charge in [-0.2, -0.15) is 0 Å². The third-order valence-corrected chi connectivity index (χ3v) is 4.12. The Morgan fingerprint density at radius 3 is 2.38 bits per heavy atom. The van der Waals surface area contributed by atoms with E-state index in [4.69, 9.17) is 4.74 Å². The van der Waals surface area contributed by atoms with Gasteiger partial charge < -0.3 is 4.74 Å². The number of benzene rings is 2. The molecule has 5 heteroatoms. The molecule has 0 aliphatic heterocycles. The van der Waals surface area contributed by atoms with E-state index in [0.717, 1.165) is 16.7 Å². The Morgan fingerprint density at radius 2 is 1.71 bits per heavy atom. The van der Waals surface area contributed by atoms with Crippen LogP contribution in [0.3, 0.4) is 0 Å². The van der Waals surface area contributed by atoms with Crippen molar-refractivity contribution in [3.05, 3.63) is 60.4 Å². The fraction of sp³-hybridized carbons (Fsp3) is 0.211. The van der Waals surface area contributed by atoms with Crippen molar-refractivity contribution in [1.29, 1.82) is 0 Å². The number of nitrogens with zero attached hydrogens (tertiary/aromatic N) is 2. The third-order valence-electron chi connectivity index (χ3n) is 4.12. The zero-order valence-electron chi connectivity index (χ0n) is 13.8. The van der Waals surface area contributed by atoms with Crippen LogP contribution in [0.15, 0.2) is 54.9 Å². The van der Waals surface area contributed by atoms with E-state index in [2.05, 4.69) is 4.98 Å². The summed E-state index contributed by atoms with van der Waals surface area (Å²) >= 11 is 0. The molecule has 0 atom stereocenters. The predicted octanol–water partition coefficient (Wildman–Crippen LogP) is 3.41. The van der Waals surface area contributed by atoms with Crippen LogP contribution in [0, 0.1) is 5.41 Å². The number of fused-ring (bicyclic) bond motifs is 1. The predicted molar refractivity (Wildman–Crippen MR) is 91.2 cm³/mol. The summed E-state index contributed by atoms with van der Waals surface area (Å²) in [5.41, 5.74) is 2.06. The molecule has 1 aromatic heterocycles. The zero-order valence-corrected chi connectivity index (χ0v) is 13.8. The smallest absolute Gasteiger partial charge is 0.319 e. The quantitative estimate of drug-likeness (QED) is 0.419. The monoisotopic (exact) mass is 322 g/mol. The number of carbonyl (C=O) groups is 2. The number of hydrogen-bond donors (Lipinski definition) is 0. The van der Waals surface area contributed by atoms with Crippen molar-refractivity contribution < 1.29 is 14.3 Å². The lowest BCUT2D eigenvalue weighted by atomic mass is 9.84. The topological polar surface area (TPSA) is 61.2 Å². The Kier molecular flexibility index (Phi) is 3.93. The first-order valence-electron chi connectivity index (χ1n) is 7.61. The molecular formula is C19H18N2O3. The van der Waals surface area contributed by atoms with Crippen molar-refractivity contribution in [2.75, 3.05) is 7.11 Å². The molecule has 0 saturated heterocycles. The van der Waals surface area contributed by atoms with E-state index in [1.165, 1.54) is 7.11 Å². The van der Waals surface area contributed by atoms with E-state index in [0.29, 0.717) is 5.56 Å². The number of Topliss-reactive ketones (excluding diaryl/α,β-unsaturated/α-hetero) is 1. The van der Waals surface area contributed by atoms with Gasteiger partial charge in [-0.25, -0.2) is 4.98 Å². The first kappa shape index (κ1) is 15.9. The summed E-state index contributed by atoms with van der Waals surface area (Å²) < 4.78 is 6.67. The van der Waals surface area contributed by atoms with Gasteiger partial charge in [0.25, 0.3) is 0 Å². The number of carbonyl (C=O) groups excluding carboxylic acids is 2. The van der Waals surface area contributed by atoms with E-state index in [9.17, 15) is 9.59 Å². The number of imidazole rings is 1. The molecule has 5 nitrogen and oxygen atoms in total. The maximum Gasteiger partial charge on any atom is 0.319 e. The Morgan fingerprint density at radius 1 is 1.04 bits per heavy atom. The normalized spacial score (nSPS) is 11.5. The molecule has 3 aromatic rings. The van der Waals surface area contributed by atoms with Gasteiger partial charge in [0.15, 0.2) is 5.78 Å². The molecule has 122 valence electrons. The van der Waals surface area contributed by atoms with Crippen LogP contribution in [0.2, 0.25) is 0 Å². The second-order valence-corrected chi connectivity index (χ2v) is 6.10. The lowest BCUT2D eigenvalue weighted by Crippen LogP contribution is -2.34. The molecule has 0 radical (unpaired) electrons. The molecular weight excluding hydrogens is 304 g/mol. The number of rotatable bonds is 4. The van der Waals surface area contributed by atoms with Crippen molar-refractivity contribution in [3.63, 3.8) is 0 Å². The van der Waals surface area contributed by atoms with Gasteiger partial charge >= 0.3 is 5.97 Å². The average molecular weight is 322 g/mol. The summed E-state index contributed by atoms with van der Waals surface area (Å²) in [5, 5.41) is 0. The summed E-state index contributed by atoms with van der Waals surface area (Å²) in [4.78, 5) is 28.7. The highest BCUT2D eigenvalue weighted by molar-refractivity contribution is 6.11. The van der Waals surface area contributed by atoms with Crippen LogP contribution in [0.25, 0.3) is 16.7 Å². The molecule has 0 aliphatic carbocycles. The summed E-state index contributed by atoms with van der Waals surface area (Å²) in [6.45, 7) is 3.14. The number of esters is 1. The van der Waals surface area contributed by atoms with E-state index in [-0.39, 0.29) is 5.78 Å². The highest BCUT2D eigenvalue weighted by Crippen LogP contribution is 2.25. The SMILES string of the molecule is COC(=O)C(C)(C)C(=O)c1ccc(-n2cnc3ccccc32)cc1. The van der Waals surface area contributed by atoms with Gasteiger partial charge in [-0.1, -0.05) is 12.1 Å². The van der Waals surface area contributed by atoms with Crippen LogP contribution >= 0.6 is 0 Å². The molecule has 0 amide bonds. The van der Waals surface area contributed by atoms with Crippen molar-refractivity contribution in [2.24, 2.45) is 5.41 Å². The average Bonchev–Trinajstić information content (AvgIpc) is 3.04. The Hall–Kier alpha value is -2.95. The summed E-state index contributed by atoms with van der Waals surface area (Å²) in [6.07, 6.45) is 1.75. The molecule has 2 aromatic carbocycles. The van der Waals surface area contributed by atoms with Crippen molar-refractivity contribution in [1.82, 2.24) is 9.55 Å². The number of ether oxygens (including phenoxy) is 1. The second kappa shape index (κ2) is 5.92. The highest BCUT2D eigenvalue weighted by atomic mass is 16.5. The van der Waals surface area contributed by atoms with Crippen molar-refractivity contribution >= 4 is 22.8 Å². The number of methoxy groups -OCH3 is 1. The number of para-hydroxylation sites is 2. The summed E-state index contributed by atoms with van der Waals surface area (Å²) in [5.74, 6) is -0.812. The highest BCUT2D eigenvalue weighted by Gasteiger charge is 2.37. The number of ketones is 1. The van der Waals surface area contributed by atoms with Gasteiger partial charge in [0.05, 0.1) is 18.1 Å². The molecule has 0 spiro atoms. The fourth-order valence-electron chi connectivity index (χ4n) is 2.65. The Labute approximate surface area is 139 Å². The molecule has 3 rings (SSSR count). The molecule has 0 saturated carbocycles. The number of aromatic nitrogens is 2. The molecule has 1 heterocycles. The van der Waals surface area contributed by atoms with E-state index in [1.54, 1.807) is 32.3 Å². The molecule has 0 bridgehead atoms. The maximum absolute atomic E-state index is 12.6. The van der Waals surface area contributed by atoms with Gasteiger partial charge in [-0.3, -0.25) is 14.2 Å². The maximum atomic E-state index is 12.6. The van der Waals surface area contributed by atoms with Gasteiger partial charge in [-0.15, -0.1) is 0 Å². The van der Waals surface area contributed by atoms with Crippen molar-refractivity contribution in [3.8, 4) is 5.69 Å². The molecule has 0 unspecified atom stereocenters. The van der Waals surface area contributed by atoms with E-state index < -0.39 is 11.4 Å².